The number of aliphatic carboxylic acids is 2. The van der Waals surface area contributed by atoms with E-state index < -0.39 is 49.9 Å². The largest absolute Gasteiger partial charge is 0.481 e. The summed E-state index contributed by atoms with van der Waals surface area (Å²) < 4.78 is 38.9. The van der Waals surface area contributed by atoms with Crippen LogP contribution in [0.1, 0.15) is 30.9 Å². The van der Waals surface area contributed by atoms with Gasteiger partial charge in [-0.15, -0.1) is 0 Å². The van der Waals surface area contributed by atoms with Crippen LogP contribution in [0.3, 0.4) is 0 Å². The Bertz CT molecular complexity index is 656. The predicted molar refractivity (Wildman–Crippen MR) is 82.4 cm³/mol. The van der Waals surface area contributed by atoms with Gasteiger partial charge in [-0.2, -0.15) is 0 Å². The molecule has 0 heterocycles. The molecule has 0 amide bonds. The maximum absolute atomic E-state index is 13.3. The van der Waals surface area contributed by atoms with E-state index in [2.05, 4.69) is 0 Å². The Labute approximate surface area is 137 Å². The monoisotopic (exact) mass is 364 g/mol. The van der Waals surface area contributed by atoms with Crippen molar-refractivity contribution in [1.29, 1.82) is 0 Å². The molecule has 0 aliphatic heterocycles. The smallest absolute Gasteiger partial charge is 0.307 e. The highest BCUT2D eigenvalue weighted by atomic mass is 31.2. The van der Waals surface area contributed by atoms with Crippen molar-refractivity contribution in [1.82, 2.24) is 0 Å². The lowest BCUT2D eigenvalue weighted by atomic mass is 10.1. The molecule has 6 nitrogen and oxygen atoms in total. The first kappa shape index (κ1) is 20.3. The molecule has 0 aliphatic rings. The summed E-state index contributed by atoms with van der Waals surface area (Å²) >= 11 is 0. The van der Waals surface area contributed by atoms with Crippen molar-refractivity contribution in [3.05, 3.63) is 35.4 Å². The summed E-state index contributed by atoms with van der Waals surface area (Å²) in [5.41, 5.74) is -0.108. The Morgan fingerprint density at radius 2 is 1.92 bits per heavy atom. The van der Waals surface area contributed by atoms with Crippen LogP contribution in [0.4, 0.5) is 8.78 Å². The second-order valence-electron chi connectivity index (χ2n) is 5.74. The molecule has 0 aliphatic carbocycles. The van der Waals surface area contributed by atoms with Crippen LogP contribution in [0.15, 0.2) is 24.3 Å². The second-order valence-corrected chi connectivity index (χ2v) is 8.12. The highest BCUT2D eigenvalue weighted by molar-refractivity contribution is 7.57. The normalized spacial score (nSPS) is 15.5. The summed E-state index contributed by atoms with van der Waals surface area (Å²) in [6.07, 6.45) is -1.77. The number of hydrogen-bond acceptors (Lipinski definition) is 3. The first-order valence-corrected chi connectivity index (χ1v) is 9.16. The van der Waals surface area contributed by atoms with Crippen LogP contribution in [-0.2, 0) is 26.2 Å². The second kappa shape index (κ2) is 7.85. The van der Waals surface area contributed by atoms with E-state index in [-0.39, 0.29) is 17.5 Å². The van der Waals surface area contributed by atoms with Crippen LogP contribution in [0.25, 0.3) is 0 Å². The quantitative estimate of drug-likeness (QED) is 0.581. The molecule has 0 spiro atoms. The Balaban J connectivity index is 2.86. The number of carboxylic acids is 2. The third-order valence-corrected chi connectivity index (χ3v) is 5.30. The van der Waals surface area contributed by atoms with Crippen molar-refractivity contribution in [3.63, 3.8) is 0 Å². The van der Waals surface area contributed by atoms with Crippen LogP contribution in [0.5, 0.6) is 0 Å². The molecule has 0 bridgehead atoms. The molecule has 24 heavy (non-hydrogen) atoms. The van der Waals surface area contributed by atoms with Gasteiger partial charge in [-0.05, 0) is 18.1 Å². The molecule has 0 radical (unpaired) electrons. The Morgan fingerprint density at radius 1 is 1.29 bits per heavy atom. The average Bonchev–Trinajstić information content (AvgIpc) is 2.41. The standard InChI is InChI=1S/C15H19F2O6P/c1-15(16,17)12-4-2-3-10(7-12)8-24(22,23)9-11(14(20)21)5-6-13(18)19/h2-4,7,11H,5-6,8-9H2,1H3,(H,18,19)(H,20,21)(H,22,23). The third-order valence-electron chi connectivity index (χ3n) is 3.43. The maximum Gasteiger partial charge on any atom is 0.307 e. The van der Waals surface area contributed by atoms with Crippen molar-refractivity contribution < 1.29 is 38.0 Å². The van der Waals surface area contributed by atoms with E-state index in [9.17, 15) is 27.8 Å². The van der Waals surface area contributed by atoms with E-state index >= 15 is 0 Å². The molecular formula is C15H19F2O6P. The van der Waals surface area contributed by atoms with Gasteiger partial charge >= 0.3 is 11.9 Å². The molecule has 9 heteroatoms. The molecule has 1 aromatic rings. The lowest BCUT2D eigenvalue weighted by Gasteiger charge is -2.18. The van der Waals surface area contributed by atoms with Crippen LogP contribution in [0, 0.1) is 5.92 Å². The van der Waals surface area contributed by atoms with Gasteiger partial charge in [0.2, 0.25) is 7.37 Å². The fourth-order valence-electron chi connectivity index (χ4n) is 2.23. The molecule has 2 unspecified atom stereocenters. The summed E-state index contributed by atoms with van der Waals surface area (Å²) in [7, 11) is -3.98. The molecule has 0 aromatic heterocycles. The lowest BCUT2D eigenvalue weighted by molar-refractivity contribution is -0.142. The number of hydrogen-bond donors (Lipinski definition) is 3. The van der Waals surface area contributed by atoms with E-state index in [0.29, 0.717) is 6.92 Å². The maximum atomic E-state index is 13.3. The lowest BCUT2D eigenvalue weighted by Crippen LogP contribution is -2.20. The molecule has 0 saturated carbocycles. The number of rotatable bonds is 9. The van der Waals surface area contributed by atoms with Crippen LogP contribution >= 0.6 is 7.37 Å². The third kappa shape index (κ3) is 6.76. The minimum atomic E-state index is -3.98. The summed E-state index contributed by atoms with van der Waals surface area (Å²) in [5, 5.41) is 17.6. The van der Waals surface area contributed by atoms with E-state index in [0.717, 1.165) is 6.07 Å². The molecule has 1 aromatic carbocycles. The van der Waals surface area contributed by atoms with Gasteiger partial charge in [-0.25, -0.2) is 8.78 Å². The molecule has 134 valence electrons. The number of carboxylic acid groups (broad SMARTS) is 2. The fourth-order valence-corrected chi connectivity index (χ4v) is 4.15. The number of halogens is 2. The Morgan fingerprint density at radius 3 is 2.42 bits per heavy atom. The van der Waals surface area contributed by atoms with E-state index in [4.69, 9.17) is 10.2 Å². The van der Waals surface area contributed by atoms with Gasteiger partial charge < -0.3 is 15.1 Å². The van der Waals surface area contributed by atoms with Gasteiger partial charge in [0, 0.05) is 31.2 Å². The van der Waals surface area contributed by atoms with Gasteiger partial charge in [0.05, 0.1) is 5.92 Å². The summed E-state index contributed by atoms with van der Waals surface area (Å²) in [4.78, 5) is 31.6. The SMILES string of the molecule is CC(F)(F)c1cccc(CP(=O)(O)CC(CCC(=O)O)C(=O)O)c1. The highest BCUT2D eigenvalue weighted by Crippen LogP contribution is 2.47. The predicted octanol–water partition coefficient (Wildman–Crippen LogP) is 3.13. The molecule has 0 saturated heterocycles. The van der Waals surface area contributed by atoms with Gasteiger partial charge in [0.25, 0.3) is 5.92 Å². The van der Waals surface area contributed by atoms with Gasteiger partial charge in [-0.3, -0.25) is 14.2 Å². The van der Waals surface area contributed by atoms with Gasteiger partial charge in [0.1, 0.15) is 0 Å². The average molecular weight is 364 g/mol. The number of benzene rings is 1. The Hall–Kier alpha value is -1.79. The molecule has 3 N–H and O–H groups in total. The highest BCUT2D eigenvalue weighted by Gasteiger charge is 2.30. The first-order chi connectivity index (χ1) is 10.9. The fraction of sp³-hybridized carbons (Fsp3) is 0.467. The van der Waals surface area contributed by atoms with Crippen molar-refractivity contribution in [2.45, 2.75) is 31.8 Å². The number of alkyl halides is 2. The summed E-state index contributed by atoms with van der Waals surface area (Å²) in [5.74, 6) is -6.94. The minimum Gasteiger partial charge on any atom is -0.481 e. The van der Waals surface area contributed by atoms with Gasteiger partial charge in [-0.1, -0.05) is 18.2 Å². The van der Waals surface area contributed by atoms with Crippen molar-refractivity contribution in [2.75, 3.05) is 6.16 Å². The van der Waals surface area contributed by atoms with Crippen molar-refractivity contribution >= 4 is 19.3 Å². The zero-order valence-corrected chi connectivity index (χ0v) is 13.9. The first-order valence-electron chi connectivity index (χ1n) is 7.13. The minimum absolute atomic E-state index is 0.197. The zero-order chi connectivity index (χ0) is 18.5. The van der Waals surface area contributed by atoms with E-state index in [1.807, 2.05) is 0 Å². The molecule has 1 rings (SSSR count). The van der Waals surface area contributed by atoms with Crippen LogP contribution in [0.2, 0.25) is 0 Å². The summed E-state index contributed by atoms with van der Waals surface area (Å²) in [6.45, 7) is 0.705. The van der Waals surface area contributed by atoms with Crippen LogP contribution < -0.4 is 0 Å². The molecular weight excluding hydrogens is 345 g/mol. The summed E-state index contributed by atoms with van der Waals surface area (Å²) in [6, 6.07) is 5.04. The molecule has 2 atom stereocenters. The topological polar surface area (TPSA) is 112 Å². The van der Waals surface area contributed by atoms with E-state index in [1.54, 1.807) is 0 Å². The van der Waals surface area contributed by atoms with E-state index in [1.165, 1.54) is 18.2 Å². The van der Waals surface area contributed by atoms with Gasteiger partial charge in [0.15, 0.2) is 0 Å². The van der Waals surface area contributed by atoms with Crippen molar-refractivity contribution in [3.8, 4) is 0 Å². The molecule has 0 fully saturated rings. The van der Waals surface area contributed by atoms with Crippen molar-refractivity contribution in [2.24, 2.45) is 5.92 Å². The number of carbonyl (C=O) groups is 2. The zero-order valence-electron chi connectivity index (χ0n) is 13.0. The van der Waals surface area contributed by atoms with Crippen LogP contribution in [-0.4, -0.2) is 33.2 Å². The Kier molecular flexibility index (Phi) is 6.63.